The van der Waals surface area contributed by atoms with E-state index in [9.17, 15) is 0 Å². The first-order valence-corrected chi connectivity index (χ1v) is 6.12. The number of ether oxygens (including phenoxy) is 1. The fourth-order valence-corrected chi connectivity index (χ4v) is 2.60. The van der Waals surface area contributed by atoms with Crippen LogP contribution in [0.1, 0.15) is 31.7 Å². The van der Waals surface area contributed by atoms with E-state index < -0.39 is 0 Å². The highest BCUT2D eigenvalue weighted by atomic mass is 35.5. The molecule has 0 spiro atoms. The summed E-state index contributed by atoms with van der Waals surface area (Å²) in [4.78, 5) is 0. The molecule has 0 aromatic heterocycles. The highest BCUT2D eigenvalue weighted by Crippen LogP contribution is 2.54. The largest absolute Gasteiger partial charge is 0.496 e. The van der Waals surface area contributed by atoms with Gasteiger partial charge in [0.05, 0.1) is 7.11 Å². The molecule has 1 fully saturated rings. The minimum absolute atomic E-state index is 0.189. The zero-order valence-electron chi connectivity index (χ0n) is 9.79. The van der Waals surface area contributed by atoms with Crippen LogP contribution in [0.2, 0.25) is 5.02 Å². The van der Waals surface area contributed by atoms with Gasteiger partial charge in [0.15, 0.2) is 0 Å². The third-order valence-corrected chi connectivity index (χ3v) is 3.69. The van der Waals surface area contributed by atoms with Crippen LogP contribution in [0.15, 0.2) is 18.2 Å². The molecule has 0 saturated heterocycles. The van der Waals surface area contributed by atoms with Gasteiger partial charge in [-0.25, -0.2) is 0 Å². The lowest BCUT2D eigenvalue weighted by molar-refractivity contribution is 0.401. The maximum atomic E-state index is 6.40. The molecule has 0 heterocycles. The second-order valence-corrected chi connectivity index (χ2v) is 5.01. The molecule has 3 heteroatoms. The Balaban J connectivity index is 2.28. The fraction of sp³-hybridized carbons (Fsp3) is 0.538. The molecule has 2 rings (SSSR count). The van der Waals surface area contributed by atoms with Crippen molar-refractivity contribution in [2.45, 2.75) is 31.7 Å². The van der Waals surface area contributed by atoms with Gasteiger partial charge in [-0.05, 0) is 30.9 Å². The van der Waals surface area contributed by atoms with E-state index in [-0.39, 0.29) is 5.54 Å². The lowest BCUT2D eigenvalue weighted by atomic mass is 10.0. The van der Waals surface area contributed by atoms with E-state index in [0.29, 0.717) is 10.9 Å². The number of rotatable bonds is 4. The topological polar surface area (TPSA) is 35.2 Å². The van der Waals surface area contributed by atoms with Gasteiger partial charge in [-0.3, -0.25) is 0 Å². The molecule has 1 saturated carbocycles. The molecule has 0 amide bonds. The molecular weight excluding hydrogens is 222 g/mol. The number of hydrogen-bond acceptors (Lipinski definition) is 2. The van der Waals surface area contributed by atoms with Crippen molar-refractivity contribution in [2.24, 2.45) is 11.7 Å². The summed E-state index contributed by atoms with van der Waals surface area (Å²) in [6.45, 7) is 2.19. The second-order valence-electron chi connectivity index (χ2n) is 4.57. The van der Waals surface area contributed by atoms with E-state index in [2.05, 4.69) is 6.92 Å². The van der Waals surface area contributed by atoms with E-state index in [1.165, 1.54) is 12.8 Å². The number of halogens is 1. The monoisotopic (exact) mass is 239 g/mol. The third-order valence-electron chi connectivity index (χ3n) is 3.45. The van der Waals surface area contributed by atoms with E-state index in [1.807, 2.05) is 18.2 Å². The summed E-state index contributed by atoms with van der Waals surface area (Å²) in [6, 6.07) is 5.72. The molecule has 88 valence electrons. The lowest BCUT2D eigenvalue weighted by Crippen LogP contribution is -2.23. The highest BCUT2D eigenvalue weighted by molar-refractivity contribution is 6.30. The molecule has 0 bridgehead atoms. The summed E-state index contributed by atoms with van der Waals surface area (Å²) in [6.07, 6.45) is 3.42. The predicted octanol–water partition coefficient (Wildman–Crippen LogP) is 3.32. The van der Waals surface area contributed by atoms with Crippen LogP contribution < -0.4 is 10.5 Å². The normalized spacial score (nSPS) is 27.9. The van der Waals surface area contributed by atoms with Gasteiger partial charge in [-0.2, -0.15) is 0 Å². The van der Waals surface area contributed by atoms with E-state index in [4.69, 9.17) is 22.1 Å². The Labute approximate surface area is 102 Å². The summed E-state index contributed by atoms with van der Waals surface area (Å²) in [5.74, 6) is 1.40. The van der Waals surface area contributed by atoms with Crippen LogP contribution in [0, 0.1) is 5.92 Å². The summed E-state index contributed by atoms with van der Waals surface area (Å²) < 4.78 is 5.35. The SMILES string of the molecule is CCCC1CC1(N)c1ccc(Cl)cc1OC. The van der Waals surface area contributed by atoms with Crippen molar-refractivity contribution in [2.75, 3.05) is 7.11 Å². The Morgan fingerprint density at radius 1 is 1.56 bits per heavy atom. The van der Waals surface area contributed by atoms with E-state index >= 15 is 0 Å². The zero-order chi connectivity index (χ0) is 11.8. The summed E-state index contributed by atoms with van der Waals surface area (Å²) in [7, 11) is 1.66. The van der Waals surface area contributed by atoms with Gasteiger partial charge in [0.2, 0.25) is 0 Å². The standard InChI is InChI=1S/C13H18ClNO/c1-3-4-9-8-13(9,15)11-6-5-10(14)7-12(11)16-2/h5-7,9H,3-4,8,15H2,1-2H3. The maximum absolute atomic E-state index is 6.40. The van der Waals surface area contributed by atoms with Gasteiger partial charge >= 0.3 is 0 Å². The first kappa shape index (κ1) is 11.7. The van der Waals surface area contributed by atoms with Crippen molar-refractivity contribution < 1.29 is 4.74 Å². The van der Waals surface area contributed by atoms with Crippen molar-refractivity contribution in [3.8, 4) is 5.75 Å². The van der Waals surface area contributed by atoms with Crippen LogP contribution in [-0.2, 0) is 5.54 Å². The van der Waals surface area contributed by atoms with E-state index in [1.54, 1.807) is 7.11 Å². The molecule has 1 aromatic rings. The highest BCUT2D eigenvalue weighted by Gasteiger charge is 2.52. The lowest BCUT2D eigenvalue weighted by Gasteiger charge is -2.16. The van der Waals surface area contributed by atoms with Crippen LogP contribution in [-0.4, -0.2) is 7.11 Å². The molecule has 16 heavy (non-hydrogen) atoms. The van der Waals surface area contributed by atoms with Crippen LogP contribution in [0.5, 0.6) is 5.75 Å². The first-order chi connectivity index (χ1) is 7.61. The number of methoxy groups -OCH3 is 1. The van der Waals surface area contributed by atoms with Crippen molar-refractivity contribution in [1.29, 1.82) is 0 Å². The Kier molecular flexibility index (Phi) is 3.13. The van der Waals surface area contributed by atoms with Gasteiger partial charge in [0.25, 0.3) is 0 Å². The molecule has 2 unspecified atom stereocenters. The average molecular weight is 240 g/mol. The molecule has 2 atom stereocenters. The summed E-state index contributed by atoms with van der Waals surface area (Å²) in [5.41, 5.74) is 7.31. The molecule has 0 aliphatic heterocycles. The molecule has 2 nitrogen and oxygen atoms in total. The van der Waals surface area contributed by atoms with Gasteiger partial charge < -0.3 is 10.5 Å². The zero-order valence-corrected chi connectivity index (χ0v) is 10.6. The average Bonchev–Trinajstić information content (AvgIpc) is 2.91. The van der Waals surface area contributed by atoms with Crippen LogP contribution in [0.4, 0.5) is 0 Å². The number of benzene rings is 1. The Morgan fingerprint density at radius 3 is 2.94 bits per heavy atom. The molecule has 0 radical (unpaired) electrons. The molecular formula is C13H18ClNO. The quantitative estimate of drug-likeness (QED) is 0.875. The summed E-state index contributed by atoms with van der Waals surface area (Å²) in [5, 5.41) is 0.692. The van der Waals surface area contributed by atoms with Gasteiger partial charge in [-0.1, -0.05) is 31.0 Å². The minimum Gasteiger partial charge on any atom is -0.496 e. The van der Waals surface area contributed by atoms with Gasteiger partial charge in [0.1, 0.15) is 5.75 Å². The van der Waals surface area contributed by atoms with Gasteiger partial charge in [0, 0.05) is 16.1 Å². The minimum atomic E-state index is -0.189. The Hall–Kier alpha value is -0.730. The molecule has 2 N–H and O–H groups in total. The maximum Gasteiger partial charge on any atom is 0.125 e. The predicted molar refractivity (Wildman–Crippen MR) is 66.9 cm³/mol. The first-order valence-electron chi connectivity index (χ1n) is 5.74. The summed E-state index contributed by atoms with van der Waals surface area (Å²) >= 11 is 5.94. The van der Waals surface area contributed by atoms with Gasteiger partial charge in [-0.15, -0.1) is 0 Å². The molecule has 1 aliphatic carbocycles. The van der Waals surface area contributed by atoms with E-state index in [0.717, 1.165) is 17.7 Å². The van der Waals surface area contributed by atoms with Crippen LogP contribution >= 0.6 is 11.6 Å². The van der Waals surface area contributed by atoms with Crippen molar-refractivity contribution >= 4 is 11.6 Å². The Morgan fingerprint density at radius 2 is 2.31 bits per heavy atom. The second kappa shape index (κ2) is 4.27. The van der Waals surface area contributed by atoms with Crippen molar-refractivity contribution in [3.05, 3.63) is 28.8 Å². The fourth-order valence-electron chi connectivity index (χ4n) is 2.44. The number of nitrogens with two attached hydrogens (primary N) is 1. The molecule has 1 aromatic carbocycles. The van der Waals surface area contributed by atoms with Crippen molar-refractivity contribution in [3.63, 3.8) is 0 Å². The van der Waals surface area contributed by atoms with Crippen LogP contribution in [0.25, 0.3) is 0 Å². The van der Waals surface area contributed by atoms with Crippen molar-refractivity contribution in [1.82, 2.24) is 0 Å². The smallest absolute Gasteiger partial charge is 0.125 e. The van der Waals surface area contributed by atoms with Crippen LogP contribution in [0.3, 0.4) is 0 Å². The third kappa shape index (κ3) is 1.92. The Bertz CT molecular complexity index is 394. The number of hydrogen-bond donors (Lipinski definition) is 1. The molecule has 1 aliphatic rings.